The van der Waals surface area contributed by atoms with E-state index in [0.717, 1.165) is 93.4 Å². The van der Waals surface area contributed by atoms with Crippen molar-refractivity contribution in [3.05, 3.63) is 291 Å². The maximum absolute atomic E-state index is 3.72. The number of aromatic nitrogens is 1. The molecule has 0 spiro atoms. The van der Waals surface area contributed by atoms with Gasteiger partial charge in [-0.05, 0) is 174 Å². The van der Waals surface area contributed by atoms with Gasteiger partial charge in [0.1, 0.15) is 0 Å². The first-order chi connectivity index (χ1) is 37.7. The molecule has 1 heterocycles. The smallest absolute Gasteiger partial charge is 0.0539 e. The van der Waals surface area contributed by atoms with Gasteiger partial charge in [0.15, 0.2) is 0 Å². The third-order valence-corrected chi connectivity index (χ3v) is 14.8. The maximum Gasteiger partial charge on any atom is 0.0539 e. The SMILES string of the molecule is C1=CCCC(n2c3ccccc3c3cc(N(c4ccc(-c5ccc(N(c6cccc(C7=CCCC=C7)c6)c6ccc(Nc7ccccc7)c(-c7ccccc7)c6)cc5)cc4)c4cccc(-c5ccccc5)c4)ccc32)=C1. The van der Waals surface area contributed by atoms with E-state index in [1.54, 1.807) is 0 Å². The third-order valence-electron chi connectivity index (χ3n) is 14.8. The predicted octanol–water partition coefficient (Wildman–Crippen LogP) is 20.4. The van der Waals surface area contributed by atoms with Crippen LogP contribution in [-0.2, 0) is 0 Å². The van der Waals surface area contributed by atoms with Crippen LogP contribution in [0.1, 0.15) is 31.2 Å². The second-order valence-electron chi connectivity index (χ2n) is 19.6. The minimum atomic E-state index is 1.01. The van der Waals surface area contributed by atoms with Crippen LogP contribution in [0.3, 0.4) is 0 Å². The predicted molar refractivity (Wildman–Crippen MR) is 324 cm³/mol. The number of hydrogen-bond acceptors (Lipinski definition) is 3. The molecule has 0 saturated heterocycles. The van der Waals surface area contributed by atoms with Crippen LogP contribution in [0, 0.1) is 0 Å². The van der Waals surface area contributed by atoms with Crippen molar-refractivity contribution in [3.63, 3.8) is 0 Å². The van der Waals surface area contributed by atoms with E-state index in [4.69, 9.17) is 0 Å². The van der Waals surface area contributed by atoms with Gasteiger partial charge in [-0.15, -0.1) is 0 Å². The summed E-state index contributed by atoms with van der Waals surface area (Å²) in [5, 5.41) is 6.21. The molecular weight excluding hydrogens is 921 g/mol. The lowest BCUT2D eigenvalue weighted by atomic mass is 9.98. The molecule has 0 atom stereocenters. The van der Waals surface area contributed by atoms with E-state index in [1.807, 2.05) is 0 Å². The highest BCUT2D eigenvalue weighted by atomic mass is 15.1. The molecule has 4 nitrogen and oxygen atoms in total. The van der Waals surface area contributed by atoms with Gasteiger partial charge in [-0.3, -0.25) is 0 Å². The summed E-state index contributed by atoms with van der Waals surface area (Å²) in [6.07, 6.45) is 17.8. The molecule has 13 rings (SSSR count). The Morgan fingerprint density at radius 1 is 0.368 bits per heavy atom. The molecule has 4 heteroatoms. The normalized spacial score (nSPS) is 13.1. The molecule has 0 radical (unpaired) electrons. The fourth-order valence-electron chi connectivity index (χ4n) is 11.1. The number of fused-ring (bicyclic) bond motifs is 3. The topological polar surface area (TPSA) is 23.4 Å². The summed E-state index contributed by atoms with van der Waals surface area (Å²) in [5.41, 5.74) is 21.8. The highest BCUT2D eigenvalue weighted by Gasteiger charge is 2.21. The van der Waals surface area contributed by atoms with Gasteiger partial charge in [-0.1, -0.05) is 176 Å². The van der Waals surface area contributed by atoms with Crippen molar-refractivity contribution in [2.45, 2.75) is 25.7 Å². The summed E-state index contributed by atoms with van der Waals surface area (Å²) >= 11 is 0. The van der Waals surface area contributed by atoms with E-state index in [1.165, 1.54) is 49.8 Å². The van der Waals surface area contributed by atoms with Gasteiger partial charge in [0, 0.05) is 67.5 Å². The van der Waals surface area contributed by atoms with Crippen molar-refractivity contribution in [2.75, 3.05) is 15.1 Å². The summed E-state index contributed by atoms with van der Waals surface area (Å²) in [6, 6.07) is 90.4. The van der Waals surface area contributed by atoms with Crippen molar-refractivity contribution in [1.29, 1.82) is 0 Å². The van der Waals surface area contributed by atoms with Crippen molar-refractivity contribution in [3.8, 4) is 33.4 Å². The first-order valence-electron chi connectivity index (χ1n) is 26.5. The van der Waals surface area contributed by atoms with Crippen molar-refractivity contribution in [2.24, 2.45) is 0 Å². The van der Waals surface area contributed by atoms with Gasteiger partial charge < -0.3 is 19.7 Å². The Hall–Kier alpha value is -9.64. The zero-order valence-corrected chi connectivity index (χ0v) is 42.3. The summed E-state index contributed by atoms with van der Waals surface area (Å²) in [6.45, 7) is 0. The first kappa shape index (κ1) is 46.2. The number of benzene rings is 10. The Balaban J connectivity index is 0.884. The van der Waals surface area contributed by atoms with Crippen molar-refractivity contribution >= 4 is 78.6 Å². The average Bonchev–Trinajstić information content (AvgIpc) is 3.84. The number of allylic oxidation sites excluding steroid dienone is 8. The average molecular weight is 977 g/mol. The largest absolute Gasteiger partial charge is 0.355 e. The monoisotopic (exact) mass is 976 g/mol. The quantitative estimate of drug-likeness (QED) is 0.125. The zero-order chi connectivity index (χ0) is 50.6. The maximum atomic E-state index is 3.72. The fourth-order valence-corrected chi connectivity index (χ4v) is 11.1. The van der Waals surface area contributed by atoms with Crippen LogP contribution in [0.15, 0.2) is 285 Å². The standard InChI is InChI=1S/C72H56N4/c1-6-20-52(21-7-1)57-26-18-32-63(48-57)74(65-44-46-70(73-59-28-12-4-13-29-59)68(50-65)56-24-10-3-11-25-56)61-40-36-54(37-41-61)55-38-42-62(43-39-55)75(64-33-19-27-58(49-64)53-22-8-2-9-23-53)66-45-47-72-69(51-66)67-34-16-17-35-71(67)76(72)60-30-14-5-15-31-60/h2-6,8-14,16-30,32-51,73H,1,7,15,31H2. The summed E-state index contributed by atoms with van der Waals surface area (Å²) in [5.74, 6) is 0. The molecule has 10 aromatic carbocycles. The molecule has 0 bridgehead atoms. The lowest BCUT2D eigenvalue weighted by Gasteiger charge is -2.28. The van der Waals surface area contributed by atoms with Gasteiger partial charge in [0.2, 0.25) is 0 Å². The Bertz CT molecular complexity index is 3990. The number of hydrogen-bond donors (Lipinski definition) is 1. The Morgan fingerprint density at radius 2 is 0.921 bits per heavy atom. The Kier molecular flexibility index (Phi) is 12.6. The van der Waals surface area contributed by atoms with Crippen LogP contribution in [0.2, 0.25) is 0 Å². The molecule has 0 unspecified atom stereocenters. The molecule has 1 aromatic heterocycles. The number of para-hydroxylation sites is 2. The lowest BCUT2D eigenvalue weighted by molar-refractivity contribution is 0.979. The van der Waals surface area contributed by atoms with E-state index in [2.05, 4.69) is 305 Å². The van der Waals surface area contributed by atoms with E-state index in [-0.39, 0.29) is 0 Å². The zero-order valence-electron chi connectivity index (χ0n) is 42.3. The van der Waals surface area contributed by atoms with Gasteiger partial charge in [0.05, 0.1) is 11.0 Å². The Morgan fingerprint density at radius 3 is 1.59 bits per heavy atom. The summed E-state index contributed by atoms with van der Waals surface area (Å²) in [7, 11) is 0. The molecule has 0 aliphatic heterocycles. The fraction of sp³-hybridized carbons (Fsp3) is 0.0556. The molecule has 1 N–H and O–H groups in total. The molecule has 0 amide bonds. The number of rotatable bonds is 13. The minimum Gasteiger partial charge on any atom is -0.355 e. The third kappa shape index (κ3) is 9.22. The van der Waals surface area contributed by atoms with Crippen LogP contribution in [0.5, 0.6) is 0 Å². The number of anilines is 8. The first-order valence-corrected chi connectivity index (χ1v) is 26.5. The van der Waals surface area contributed by atoms with Crippen molar-refractivity contribution < 1.29 is 0 Å². The molecular formula is C72H56N4. The molecule has 364 valence electrons. The Labute approximate surface area is 445 Å². The van der Waals surface area contributed by atoms with Crippen LogP contribution in [0.4, 0.5) is 45.5 Å². The second-order valence-corrected chi connectivity index (χ2v) is 19.6. The van der Waals surface area contributed by atoms with E-state index in [9.17, 15) is 0 Å². The van der Waals surface area contributed by atoms with E-state index < -0.39 is 0 Å². The lowest BCUT2D eigenvalue weighted by Crippen LogP contribution is -2.11. The van der Waals surface area contributed by atoms with Gasteiger partial charge >= 0.3 is 0 Å². The van der Waals surface area contributed by atoms with Crippen LogP contribution >= 0.6 is 0 Å². The number of nitrogens with one attached hydrogen (secondary N) is 1. The molecule has 0 fully saturated rings. The highest BCUT2D eigenvalue weighted by molar-refractivity contribution is 6.11. The van der Waals surface area contributed by atoms with Crippen LogP contribution in [0.25, 0.3) is 66.5 Å². The van der Waals surface area contributed by atoms with Gasteiger partial charge in [0.25, 0.3) is 0 Å². The summed E-state index contributed by atoms with van der Waals surface area (Å²) < 4.78 is 2.46. The molecule has 2 aliphatic rings. The highest BCUT2D eigenvalue weighted by Crippen LogP contribution is 2.44. The summed E-state index contributed by atoms with van der Waals surface area (Å²) in [4.78, 5) is 4.80. The second kappa shape index (κ2) is 20.7. The molecule has 76 heavy (non-hydrogen) atoms. The molecule has 11 aromatic rings. The van der Waals surface area contributed by atoms with E-state index in [0.29, 0.717) is 0 Å². The number of nitrogens with zero attached hydrogens (tertiary/aromatic N) is 3. The van der Waals surface area contributed by atoms with E-state index >= 15 is 0 Å². The van der Waals surface area contributed by atoms with Crippen LogP contribution in [-0.4, -0.2) is 4.57 Å². The molecule has 0 saturated carbocycles. The van der Waals surface area contributed by atoms with Gasteiger partial charge in [-0.25, -0.2) is 0 Å². The minimum absolute atomic E-state index is 1.01. The van der Waals surface area contributed by atoms with Gasteiger partial charge in [-0.2, -0.15) is 0 Å². The molecule has 2 aliphatic carbocycles. The van der Waals surface area contributed by atoms with Crippen molar-refractivity contribution in [1.82, 2.24) is 4.57 Å². The van der Waals surface area contributed by atoms with Crippen LogP contribution < -0.4 is 15.1 Å².